The monoisotopic (exact) mass is 299 g/mol. The molecule has 118 valence electrons. The number of fused-ring (bicyclic) bond motifs is 1. The third-order valence-corrected chi connectivity index (χ3v) is 4.00. The van der Waals surface area contributed by atoms with E-state index < -0.39 is 0 Å². The predicted octanol–water partition coefficient (Wildman–Crippen LogP) is 3.66. The number of likely N-dealkylation sites (N-methyl/N-ethyl adjacent to an activating group) is 1. The van der Waals surface area contributed by atoms with E-state index in [1.807, 2.05) is 12.1 Å². The van der Waals surface area contributed by atoms with E-state index in [0.717, 1.165) is 26.1 Å². The molecule has 0 spiro atoms. The molecule has 0 saturated carbocycles. The summed E-state index contributed by atoms with van der Waals surface area (Å²) >= 11 is 0. The molecular formula is C19H25NO2. The number of hydrogen-bond donors (Lipinski definition) is 0. The van der Waals surface area contributed by atoms with Crippen LogP contribution in [0.25, 0.3) is 10.8 Å². The molecule has 0 radical (unpaired) electrons. The molecule has 0 fully saturated rings. The van der Waals surface area contributed by atoms with E-state index in [2.05, 4.69) is 49.1 Å². The van der Waals surface area contributed by atoms with Crippen molar-refractivity contribution >= 4 is 16.7 Å². The lowest BCUT2D eigenvalue weighted by Gasteiger charge is -2.17. The molecule has 22 heavy (non-hydrogen) atoms. The first-order valence-corrected chi connectivity index (χ1v) is 8.08. The lowest BCUT2D eigenvalue weighted by atomic mass is 10.0. The number of nitrogens with zero attached hydrogens (tertiary/aromatic N) is 1. The number of esters is 1. The van der Waals surface area contributed by atoms with Gasteiger partial charge in [0, 0.05) is 13.0 Å². The van der Waals surface area contributed by atoms with Crippen LogP contribution in [0.2, 0.25) is 0 Å². The van der Waals surface area contributed by atoms with Gasteiger partial charge in [-0.2, -0.15) is 0 Å². The van der Waals surface area contributed by atoms with Gasteiger partial charge in [0.05, 0.1) is 0 Å². The van der Waals surface area contributed by atoms with E-state index in [0.29, 0.717) is 13.0 Å². The van der Waals surface area contributed by atoms with Crippen molar-refractivity contribution in [1.82, 2.24) is 4.90 Å². The molecule has 0 aliphatic heterocycles. The van der Waals surface area contributed by atoms with E-state index in [-0.39, 0.29) is 5.97 Å². The quantitative estimate of drug-likeness (QED) is 0.697. The number of benzene rings is 2. The average Bonchev–Trinajstić information content (AvgIpc) is 2.56. The summed E-state index contributed by atoms with van der Waals surface area (Å²) in [5.41, 5.74) is 1.18. The highest BCUT2D eigenvalue weighted by atomic mass is 16.5. The van der Waals surface area contributed by atoms with E-state index in [1.165, 1.54) is 16.3 Å². The zero-order valence-corrected chi connectivity index (χ0v) is 13.5. The zero-order chi connectivity index (χ0) is 15.8. The molecule has 2 rings (SSSR count). The molecule has 3 heteroatoms. The number of carbonyl (C=O) groups excluding carboxylic acids is 1. The minimum atomic E-state index is -0.111. The van der Waals surface area contributed by atoms with Gasteiger partial charge in [-0.3, -0.25) is 4.79 Å². The molecule has 0 atom stereocenters. The first-order valence-electron chi connectivity index (χ1n) is 8.08. The van der Waals surface area contributed by atoms with Gasteiger partial charge in [0.2, 0.25) is 0 Å². The van der Waals surface area contributed by atoms with Crippen LogP contribution in [0.1, 0.15) is 25.8 Å². The van der Waals surface area contributed by atoms with Crippen LogP contribution in [0.4, 0.5) is 0 Å². The van der Waals surface area contributed by atoms with Gasteiger partial charge in [0.15, 0.2) is 0 Å². The number of aryl methyl sites for hydroxylation is 1. The molecule has 0 aromatic heterocycles. The zero-order valence-electron chi connectivity index (χ0n) is 13.5. The Bertz CT molecular complexity index is 605. The molecule has 0 aliphatic rings. The van der Waals surface area contributed by atoms with Crippen LogP contribution in [0, 0.1) is 0 Å². The van der Waals surface area contributed by atoms with E-state index in [9.17, 15) is 4.79 Å². The summed E-state index contributed by atoms with van der Waals surface area (Å²) in [6.07, 6.45) is 1.17. The maximum absolute atomic E-state index is 11.8. The summed E-state index contributed by atoms with van der Waals surface area (Å²) < 4.78 is 5.30. The lowest BCUT2D eigenvalue weighted by Crippen LogP contribution is -2.27. The van der Waals surface area contributed by atoms with Crippen molar-refractivity contribution in [2.45, 2.75) is 26.7 Å². The molecule has 0 bridgehead atoms. The predicted molar refractivity (Wildman–Crippen MR) is 91.0 cm³/mol. The Labute approximate surface area is 132 Å². The molecule has 0 N–H and O–H groups in total. The minimum Gasteiger partial charge on any atom is -0.464 e. The number of rotatable bonds is 8. The normalized spacial score (nSPS) is 11.0. The van der Waals surface area contributed by atoms with Gasteiger partial charge in [-0.25, -0.2) is 0 Å². The van der Waals surface area contributed by atoms with Crippen LogP contribution in [-0.2, 0) is 16.0 Å². The molecule has 2 aromatic rings. The highest BCUT2D eigenvalue weighted by molar-refractivity contribution is 5.83. The third kappa shape index (κ3) is 4.85. The second kappa shape index (κ2) is 8.54. The fourth-order valence-electron chi connectivity index (χ4n) is 2.54. The van der Waals surface area contributed by atoms with Crippen molar-refractivity contribution in [3.8, 4) is 0 Å². The van der Waals surface area contributed by atoms with Gasteiger partial charge in [0.25, 0.3) is 0 Å². The molecule has 0 aliphatic carbocycles. The van der Waals surface area contributed by atoms with Gasteiger partial charge in [-0.05, 0) is 35.8 Å². The maximum Gasteiger partial charge on any atom is 0.306 e. The van der Waals surface area contributed by atoms with Crippen molar-refractivity contribution < 1.29 is 9.53 Å². The highest BCUT2D eigenvalue weighted by Crippen LogP contribution is 2.16. The highest BCUT2D eigenvalue weighted by Gasteiger charge is 2.06. The average molecular weight is 299 g/mol. The Morgan fingerprint density at radius 1 is 1.05 bits per heavy atom. The third-order valence-electron chi connectivity index (χ3n) is 4.00. The lowest BCUT2D eigenvalue weighted by molar-refractivity contribution is -0.144. The van der Waals surface area contributed by atoms with Crippen LogP contribution >= 0.6 is 0 Å². The van der Waals surface area contributed by atoms with E-state index >= 15 is 0 Å². The molecule has 0 amide bonds. The van der Waals surface area contributed by atoms with Gasteiger partial charge in [-0.1, -0.05) is 56.3 Å². The van der Waals surface area contributed by atoms with Gasteiger partial charge in [-0.15, -0.1) is 0 Å². The first kappa shape index (κ1) is 16.5. The topological polar surface area (TPSA) is 29.5 Å². The Kier molecular flexibility index (Phi) is 6.41. The fourth-order valence-corrected chi connectivity index (χ4v) is 2.54. The SMILES string of the molecule is CCN(CC)CCOC(=O)CCc1ccc2ccccc2c1. The second-order valence-electron chi connectivity index (χ2n) is 5.43. The molecule has 0 saturated heterocycles. The summed E-state index contributed by atoms with van der Waals surface area (Å²) in [5, 5.41) is 2.45. The van der Waals surface area contributed by atoms with Crippen molar-refractivity contribution in [1.29, 1.82) is 0 Å². The summed E-state index contributed by atoms with van der Waals surface area (Å²) in [6, 6.07) is 14.6. The number of ether oxygens (including phenoxy) is 1. The smallest absolute Gasteiger partial charge is 0.306 e. The Morgan fingerprint density at radius 3 is 2.50 bits per heavy atom. The minimum absolute atomic E-state index is 0.111. The Morgan fingerprint density at radius 2 is 1.77 bits per heavy atom. The Hall–Kier alpha value is -1.87. The van der Waals surface area contributed by atoms with E-state index in [1.54, 1.807) is 0 Å². The molecule has 0 unspecified atom stereocenters. The number of carbonyl (C=O) groups is 1. The largest absolute Gasteiger partial charge is 0.464 e. The molecule has 0 heterocycles. The first-order chi connectivity index (χ1) is 10.7. The molecule has 2 aromatic carbocycles. The van der Waals surface area contributed by atoms with Crippen molar-refractivity contribution in [3.05, 3.63) is 48.0 Å². The van der Waals surface area contributed by atoms with Crippen LogP contribution in [0.5, 0.6) is 0 Å². The van der Waals surface area contributed by atoms with Crippen LogP contribution in [-0.4, -0.2) is 37.1 Å². The van der Waals surface area contributed by atoms with Gasteiger partial charge in [0.1, 0.15) is 6.61 Å². The summed E-state index contributed by atoms with van der Waals surface area (Å²) in [4.78, 5) is 14.0. The van der Waals surface area contributed by atoms with E-state index in [4.69, 9.17) is 4.74 Å². The number of hydrogen-bond acceptors (Lipinski definition) is 3. The van der Waals surface area contributed by atoms with Gasteiger partial charge >= 0.3 is 5.97 Å². The Balaban J connectivity index is 1.77. The summed E-state index contributed by atoms with van der Waals surface area (Å²) in [6.45, 7) is 7.51. The molecule has 3 nitrogen and oxygen atoms in total. The second-order valence-corrected chi connectivity index (χ2v) is 5.43. The fraction of sp³-hybridized carbons (Fsp3) is 0.421. The summed E-state index contributed by atoms with van der Waals surface area (Å²) in [7, 11) is 0. The summed E-state index contributed by atoms with van der Waals surface area (Å²) in [5.74, 6) is -0.111. The van der Waals surface area contributed by atoms with Crippen molar-refractivity contribution in [2.24, 2.45) is 0 Å². The van der Waals surface area contributed by atoms with Crippen molar-refractivity contribution in [3.63, 3.8) is 0 Å². The molecular weight excluding hydrogens is 274 g/mol. The van der Waals surface area contributed by atoms with Crippen molar-refractivity contribution in [2.75, 3.05) is 26.2 Å². The van der Waals surface area contributed by atoms with Crippen LogP contribution in [0.3, 0.4) is 0 Å². The van der Waals surface area contributed by atoms with Crippen LogP contribution < -0.4 is 0 Å². The maximum atomic E-state index is 11.8. The standard InChI is InChI=1S/C19H25NO2/c1-3-20(4-2)13-14-22-19(21)12-10-16-9-11-17-7-5-6-8-18(17)15-16/h5-9,11,15H,3-4,10,12-14H2,1-2H3. The van der Waals surface area contributed by atoms with Crippen LogP contribution in [0.15, 0.2) is 42.5 Å². The van der Waals surface area contributed by atoms with Gasteiger partial charge < -0.3 is 9.64 Å².